The highest BCUT2D eigenvalue weighted by atomic mass is 32.1. The Morgan fingerprint density at radius 1 is 1.32 bits per heavy atom. The van der Waals surface area contributed by atoms with Crippen molar-refractivity contribution in [2.24, 2.45) is 0 Å². The van der Waals surface area contributed by atoms with Gasteiger partial charge in [-0.25, -0.2) is 4.98 Å². The van der Waals surface area contributed by atoms with Crippen LogP contribution < -0.4 is 5.73 Å². The van der Waals surface area contributed by atoms with Gasteiger partial charge in [-0.3, -0.25) is 9.59 Å². The van der Waals surface area contributed by atoms with E-state index in [0.717, 1.165) is 45.1 Å². The lowest BCUT2D eigenvalue weighted by Gasteiger charge is -2.44. The minimum Gasteiger partial charge on any atom is -0.375 e. The van der Waals surface area contributed by atoms with Crippen LogP contribution in [0.1, 0.15) is 49.0 Å². The topological polar surface area (TPSA) is 79.5 Å². The normalized spacial score (nSPS) is 28.6. The molecule has 3 heterocycles. The summed E-state index contributed by atoms with van der Waals surface area (Å²) >= 11 is 1.27. The number of piperidine rings is 1. The van der Waals surface area contributed by atoms with Gasteiger partial charge in [0.1, 0.15) is 11.2 Å². The summed E-state index contributed by atoms with van der Waals surface area (Å²) in [5.41, 5.74) is 5.39. The summed E-state index contributed by atoms with van der Waals surface area (Å²) in [4.78, 5) is 33.8. The third-order valence-corrected chi connectivity index (χ3v) is 5.78. The number of aromatic nitrogens is 1. The highest BCUT2D eigenvalue weighted by Crippen LogP contribution is 2.42. The monoisotopic (exact) mass is 320 g/mol. The van der Waals surface area contributed by atoms with Crippen LogP contribution in [0.3, 0.4) is 0 Å². The molecule has 7 heteroatoms. The van der Waals surface area contributed by atoms with Crippen molar-refractivity contribution in [3.8, 4) is 0 Å². The fourth-order valence-electron chi connectivity index (χ4n) is 3.93. The second-order valence-electron chi connectivity index (χ2n) is 6.50. The predicted octanol–water partition coefficient (Wildman–Crippen LogP) is 1.48. The minimum absolute atomic E-state index is 0.142. The molecule has 3 fully saturated rings. The summed E-state index contributed by atoms with van der Waals surface area (Å²) in [6.07, 6.45) is 5.64. The van der Waals surface area contributed by atoms with E-state index in [4.69, 9.17) is 5.73 Å². The summed E-state index contributed by atoms with van der Waals surface area (Å²) in [5.74, 6) is 0.0201. The number of likely N-dealkylation sites (tertiary alicyclic amines) is 2. The van der Waals surface area contributed by atoms with Crippen molar-refractivity contribution < 1.29 is 9.59 Å². The van der Waals surface area contributed by atoms with Crippen molar-refractivity contribution in [3.05, 3.63) is 11.1 Å². The fraction of sp³-hybridized carbons (Fsp3) is 0.667. The van der Waals surface area contributed by atoms with E-state index in [1.807, 2.05) is 4.90 Å². The summed E-state index contributed by atoms with van der Waals surface area (Å²) in [6, 6.07) is 0.414. The van der Waals surface area contributed by atoms with Gasteiger partial charge in [0.05, 0.1) is 0 Å². The second kappa shape index (κ2) is 4.94. The van der Waals surface area contributed by atoms with Gasteiger partial charge in [0.2, 0.25) is 5.91 Å². The van der Waals surface area contributed by atoms with E-state index in [9.17, 15) is 9.59 Å². The van der Waals surface area contributed by atoms with Crippen LogP contribution in [0.15, 0.2) is 5.38 Å². The maximum absolute atomic E-state index is 13.1. The van der Waals surface area contributed by atoms with Crippen LogP contribution in [-0.4, -0.2) is 51.3 Å². The van der Waals surface area contributed by atoms with Crippen molar-refractivity contribution in [3.63, 3.8) is 0 Å². The number of nitrogen functional groups attached to an aromatic ring is 1. The molecule has 22 heavy (non-hydrogen) atoms. The molecule has 0 aromatic carbocycles. The third kappa shape index (κ3) is 2.02. The SMILES string of the molecule is Nc1nc(C(=O)N2CCCC23CCCN(C2CC2)C3=O)cs1. The molecule has 2 aliphatic heterocycles. The molecule has 2 amide bonds. The van der Waals surface area contributed by atoms with E-state index in [1.54, 1.807) is 10.3 Å². The highest BCUT2D eigenvalue weighted by molar-refractivity contribution is 7.13. The number of hydrogen-bond donors (Lipinski definition) is 1. The first-order valence-electron chi connectivity index (χ1n) is 7.96. The van der Waals surface area contributed by atoms with Gasteiger partial charge in [0, 0.05) is 24.5 Å². The average Bonchev–Trinajstić information content (AvgIpc) is 3.12. The van der Waals surface area contributed by atoms with Crippen molar-refractivity contribution in [1.82, 2.24) is 14.8 Å². The largest absolute Gasteiger partial charge is 0.375 e. The lowest BCUT2D eigenvalue weighted by Crippen LogP contribution is -2.61. The number of carbonyl (C=O) groups excluding carboxylic acids is 2. The zero-order valence-electron chi connectivity index (χ0n) is 12.5. The zero-order valence-corrected chi connectivity index (χ0v) is 13.3. The lowest BCUT2D eigenvalue weighted by molar-refractivity contribution is -0.146. The first-order valence-corrected chi connectivity index (χ1v) is 8.84. The Bertz CT molecular complexity index is 627. The highest BCUT2D eigenvalue weighted by Gasteiger charge is 2.55. The molecular weight excluding hydrogens is 300 g/mol. The molecule has 1 atom stereocenters. The van der Waals surface area contributed by atoms with E-state index >= 15 is 0 Å². The van der Waals surface area contributed by atoms with Gasteiger partial charge < -0.3 is 15.5 Å². The molecule has 4 rings (SSSR count). The number of hydrogen-bond acceptors (Lipinski definition) is 5. The number of rotatable bonds is 2. The fourth-order valence-corrected chi connectivity index (χ4v) is 4.47. The second-order valence-corrected chi connectivity index (χ2v) is 7.39. The first-order chi connectivity index (χ1) is 10.6. The van der Waals surface area contributed by atoms with Gasteiger partial charge in [-0.05, 0) is 38.5 Å². The van der Waals surface area contributed by atoms with Gasteiger partial charge in [0.15, 0.2) is 5.13 Å². The Kier molecular flexibility index (Phi) is 3.14. The van der Waals surface area contributed by atoms with Gasteiger partial charge in [0.25, 0.3) is 5.91 Å². The Hall–Kier alpha value is -1.63. The number of nitrogens with two attached hydrogens (primary N) is 1. The van der Waals surface area contributed by atoms with Crippen molar-refractivity contribution in [1.29, 1.82) is 0 Å². The number of carbonyl (C=O) groups is 2. The van der Waals surface area contributed by atoms with E-state index in [0.29, 0.717) is 23.4 Å². The van der Waals surface area contributed by atoms with Gasteiger partial charge in [-0.15, -0.1) is 11.3 Å². The third-order valence-electron chi connectivity index (χ3n) is 5.11. The Balaban J connectivity index is 1.64. The molecule has 0 radical (unpaired) electrons. The maximum atomic E-state index is 13.1. The zero-order chi connectivity index (χ0) is 15.3. The quantitative estimate of drug-likeness (QED) is 0.895. The van der Waals surface area contributed by atoms with Gasteiger partial charge >= 0.3 is 0 Å². The molecule has 1 saturated carbocycles. The van der Waals surface area contributed by atoms with Gasteiger partial charge in [-0.2, -0.15) is 0 Å². The van der Waals surface area contributed by atoms with Crippen LogP contribution in [0.2, 0.25) is 0 Å². The molecular formula is C15H20N4O2S. The Morgan fingerprint density at radius 3 is 2.68 bits per heavy atom. The predicted molar refractivity (Wildman–Crippen MR) is 83.5 cm³/mol. The molecule has 1 aliphatic carbocycles. The van der Waals surface area contributed by atoms with Crippen LogP contribution in [0.25, 0.3) is 0 Å². The van der Waals surface area contributed by atoms with Crippen molar-refractivity contribution in [2.45, 2.75) is 50.1 Å². The standard InChI is InChI=1S/C15H20N4O2S/c16-14-17-11(9-22-14)12(20)19-8-2-6-15(19)5-1-7-18(13(15)21)10-3-4-10/h9-10H,1-8H2,(H2,16,17). The van der Waals surface area contributed by atoms with E-state index in [1.165, 1.54) is 11.3 Å². The van der Waals surface area contributed by atoms with Crippen molar-refractivity contribution in [2.75, 3.05) is 18.8 Å². The molecule has 6 nitrogen and oxygen atoms in total. The average molecular weight is 320 g/mol. The number of nitrogens with zero attached hydrogens (tertiary/aromatic N) is 3. The summed E-state index contributed by atoms with van der Waals surface area (Å²) in [5, 5.41) is 2.08. The first kappa shape index (κ1) is 14.0. The van der Waals surface area contributed by atoms with E-state index in [2.05, 4.69) is 4.98 Å². The molecule has 0 bridgehead atoms. The van der Waals surface area contributed by atoms with Crippen LogP contribution in [0, 0.1) is 0 Å². The molecule has 1 aromatic heterocycles. The summed E-state index contributed by atoms with van der Waals surface area (Å²) in [6.45, 7) is 1.48. The minimum atomic E-state index is -0.629. The molecule has 1 unspecified atom stereocenters. The van der Waals surface area contributed by atoms with Crippen LogP contribution in [-0.2, 0) is 4.79 Å². The molecule has 3 aliphatic rings. The number of anilines is 1. The summed E-state index contributed by atoms with van der Waals surface area (Å²) < 4.78 is 0. The smallest absolute Gasteiger partial charge is 0.274 e. The lowest BCUT2D eigenvalue weighted by atomic mass is 9.85. The molecule has 1 aromatic rings. The molecule has 1 spiro atoms. The molecule has 2 N–H and O–H groups in total. The van der Waals surface area contributed by atoms with Crippen LogP contribution in [0.5, 0.6) is 0 Å². The molecule has 2 saturated heterocycles. The Morgan fingerprint density at radius 2 is 2.05 bits per heavy atom. The van der Waals surface area contributed by atoms with Crippen LogP contribution in [0.4, 0.5) is 5.13 Å². The van der Waals surface area contributed by atoms with Gasteiger partial charge in [-0.1, -0.05) is 0 Å². The van der Waals surface area contributed by atoms with Crippen molar-refractivity contribution >= 4 is 28.3 Å². The van der Waals surface area contributed by atoms with E-state index in [-0.39, 0.29) is 11.8 Å². The summed E-state index contributed by atoms with van der Waals surface area (Å²) in [7, 11) is 0. The Labute approximate surface area is 133 Å². The van der Waals surface area contributed by atoms with E-state index < -0.39 is 5.54 Å². The van der Waals surface area contributed by atoms with Crippen LogP contribution >= 0.6 is 11.3 Å². The molecule has 118 valence electrons. The maximum Gasteiger partial charge on any atom is 0.274 e. The number of amides is 2. The number of thiazole rings is 1.